The zero-order valence-electron chi connectivity index (χ0n) is 15.2. The molecule has 0 heterocycles. The van der Waals surface area contributed by atoms with E-state index in [1.165, 1.54) is 22.3 Å². The van der Waals surface area contributed by atoms with Crippen LogP contribution < -0.4 is 5.32 Å². The van der Waals surface area contributed by atoms with Gasteiger partial charge in [-0.05, 0) is 40.5 Å². The Morgan fingerprint density at radius 2 is 1.64 bits per heavy atom. The molecule has 0 aliphatic heterocycles. The molecule has 0 saturated heterocycles. The molecule has 4 heteroatoms. The van der Waals surface area contributed by atoms with Gasteiger partial charge in [0.05, 0.1) is 6.54 Å². The summed E-state index contributed by atoms with van der Waals surface area (Å²) in [7, 11) is 0. The highest BCUT2D eigenvalue weighted by Crippen LogP contribution is 2.44. The van der Waals surface area contributed by atoms with Gasteiger partial charge in [-0.25, -0.2) is 4.79 Å². The third-order valence-electron chi connectivity index (χ3n) is 4.74. The molecule has 4 rings (SSSR count). The molecule has 0 saturated carbocycles. The number of fused-ring (bicyclic) bond motifs is 3. The first-order valence-corrected chi connectivity index (χ1v) is 9.54. The SMILES string of the molecule is O=C(NCC#Cc1cccc(S)c1)OCC1c2ccccc2-c2ccccc21. The lowest BCUT2D eigenvalue weighted by Gasteiger charge is -2.14. The van der Waals surface area contributed by atoms with Crippen molar-refractivity contribution in [2.45, 2.75) is 10.8 Å². The predicted octanol–water partition coefficient (Wildman–Crippen LogP) is 4.87. The van der Waals surface area contributed by atoms with Crippen LogP contribution in [0.15, 0.2) is 77.7 Å². The Balaban J connectivity index is 1.35. The van der Waals surface area contributed by atoms with Crippen LogP contribution in [0.25, 0.3) is 11.1 Å². The van der Waals surface area contributed by atoms with E-state index in [2.05, 4.69) is 54.1 Å². The fourth-order valence-corrected chi connectivity index (χ4v) is 3.72. The molecule has 0 fully saturated rings. The van der Waals surface area contributed by atoms with Crippen LogP contribution in [-0.2, 0) is 4.74 Å². The molecule has 1 amide bonds. The Hall–Kier alpha value is -3.16. The molecular formula is C24H19NO2S. The quantitative estimate of drug-likeness (QED) is 0.499. The molecule has 1 aliphatic rings. The number of hydrogen-bond acceptors (Lipinski definition) is 3. The Bertz CT molecular complexity index is 1040. The number of carbonyl (C=O) groups excluding carboxylic acids is 1. The van der Waals surface area contributed by atoms with Crippen LogP contribution in [0.1, 0.15) is 22.6 Å². The molecule has 0 radical (unpaired) electrons. The Morgan fingerprint density at radius 1 is 0.964 bits per heavy atom. The number of benzene rings is 3. The topological polar surface area (TPSA) is 38.3 Å². The highest BCUT2D eigenvalue weighted by molar-refractivity contribution is 7.80. The van der Waals surface area contributed by atoms with Crippen LogP contribution in [0.5, 0.6) is 0 Å². The number of nitrogens with one attached hydrogen (secondary N) is 1. The van der Waals surface area contributed by atoms with E-state index in [-0.39, 0.29) is 12.5 Å². The molecule has 1 N–H and O–H groups in total. The van der Waals surface area contributed by atoms with Crippen molar-refractivity contribution in [1.82, 2.24) is 5.32 Å². The standard InChI is InChI=1S/C24H19NO2S/c26-24(25-14-6-8-17-7-5-9-18(28)15-17)27-16-23-21-12-3-1-10-19(21)20-11-2-4-13-22(20)23/h1-5,7,9-13,15,23,28H,14,16H2,(H,25,26). The van der Waals surface area contributed by atoms with Gasteiger partial charge in [0.25, 0.3) is 0 Å². The van der Waals surface area contributed by atoms with Gasteiger partial charge in [0.2, 0.25) is 0 Å². The maximum Gasteiger partial charge on any atom is 0.407 e. The van der Waals surface area contributed by atoms with Gasteiger partial charge >= 0.3 is 6.09 Å². The summed E-state index contributed by atoms with van der Waals surface area (Å²) in [5.41, 5.74) is 5.68. The maximum atomic E-state index is 12.1. The maximum absolute atomic E-state index is 12.1. The van der Waals surface area contributed by atoms with Crippen molar-refractivity contribution < 1.29 is 9.53 Å². The molecular weight excluding hydrogens is 366 g/mol. The van der Waals surface area contributed by atoms with Gasteiger partial charge in [0.1, 0.15) is 6.61 Å². The Morgan fingerprint density at radius 3 is 2.32 bits per heavy atom. The summed E-state index contributed by atoms with van der Waals surface area (Å²) in [6.45, 7) is 0.530. The summed E-state index contributed by atoms with van der Waals surface area (Å²) in [5, 5.41) is 2.69. The summed E-state index contributed by atoms with van der Waals surface area (Å²) in [4.78, 5) is 12.9. The number of hydrogen-bond donors (Lipinski definition) is 2. The zero-order valence-corrected chi connectivity index (χ0v) is 16.1. The number of amides is 1. The van der Waals surface area contributed by atoms with E-state index >= 15 is 0 Å². The summed E-state index contributed by atoms with van der Waals surface area (Å²) in [6.07, 6.45) is -0.459. The van der Waals surface area contributed by atoms with Gasteiger partial charge in [-0.2, -0.15) is 0 Å². The van der Waals surface area contributed by atoms with Gasteiger partial charge in [0.15, 0.2) is 0 Å². The minimum absolute atomic E-state index is 0.0577. The van der Waals surface area contributed by atoms with Gasteiger partial charge in [-0.1, -0.05) is 66.4 Å². The first-order valence-electron chi connectivity index (χ1n) is 9.09. The minimum Gasteiger partial charge on any atom is -0.449 e. The lowest BCUT2D eigenvalue weighted by Crippen LogP contribution is -2.26. The number of thiol groups is 1. The number of carbonyl (C=O) groups is 1. The summed E-state index contributed by atoms with van der Waals surface area (Å²) >= 11 is 4.28. The second kappa shape index (κ2) is 8.24. The monoisotopic (exact) mass is 385 g/mol. The second-order valence-electron chi connectivity index (χ2n) is 6.53. The zero-order chi connectivity index (χ0) is 19.3. The lowest BCUT2D eigenvalue weighted by molar-refractivity contribution is 0.144. The van der Waals surface area contributed by atoms with E-state index in [9.17, 15) is 4.79 Å². The summed E-state index contributed by atoms with van der Waals surface area (Å²) in [6, 6.07) is 24.1. The summed E-state index contributed by atoms with van der Waals surface area (Å²) < 4.78 is 5.48. The van der Waals surface area contributed by atoms with Crippen LogP contribution >= 0.6 is 12.6 Å². The number of ether oxygens (including phenoxy) is 1. The molecule has 3 aromatic rings. The largest absolute Gasteiger partial charge is 0.449 e. The highest BCUT2D eigenvalue weighted by atomic mass is 32.1. The molecule has 28 heavy (non-hydrogen) atoms. The average molecular weight is 385 g/mol. The second-order valence-corrected chi connectivity index (χ2v) is 7.05. The molecule has 1 aliphatic carbocycles. The van der Waals surface area contributed by atoms with E-state index in [0.29, 0.717) is 6.61 Å². The molecule has 3 nitrogen and oxygen atoms in total. The normalized spacial score (nSPS) is 11.8. The Labute approximate surface area is 170 Å². The first kappa shape index (κ1) is 18.2. The number of alkyl carbamates (subject to hydrolysis) is 1. The molecule has 0 bridgehead atoms. The van der Waals surface area contributed by atoms with Crippen LogP contribution in [0, 0.1) is 11.8 Å². The predicted molar refractivity (Wildman–Crippen MR) is 114 cm³/mol. The van der Waals surface area contributed by atoms with Gasteiger partial charge < -0.3 is 10.1 Å². The van der Waals surface area contributed by atoms with E-state index in [1.807, 2.05) is 48.5 Å². The number of rotatable bonds is 3. The first-order chi connectivity index (χ1) is 13.7. The van der Waals surface area contributed by atoms with Crippen LogP contribution in [0.2, 0.25) is 0 Å². The van der Waals surface area contributed by atoms with Gasteiger partial charge in [-0.15, -0.1) is 12.6 Å². The molecule has 0 spiro atoms. The van der Waals surface area contributed by atoms with E-state index in [1.54, 1.807) is 0 Å². The molecule has 138 valence electrons. The van der Waals surface area contributed by atoms with Crippen molar-refractivity contribution in [3.63, 3.8) is 0 Å². The van der Waals surface area contributed by atoms with Gasteiger partial charge in [-0.3, -0.25) is 0 Å². The molecule has 0 aromatic heterocycles. The average Bonchev–Trinajstić information content (AvgIpc) is 3.04. The lowest BCUT2D eigenvalue weighted by atomic mass is 9.98. The van der Waals surface area contributed by atoms with Crippen molar-refractivity contribution in [1.29, 1.82) is 0 Å². The highest BCUT2D eigenvalue weighted by Gasteiger charge is 2.28. The fourth-order valence-electron chi connectivity index (χ4n) is 3.50. The molecule has 0 unspecified atom stereocenters. The van der Waals surface area contributed by atoms with E-state index in [0.717, 1.165) is 10.5 Å². The fraction of sp³-hybridized carbons (Fsp3) is 0.125. The third kappa shape index (κ3) is 3.90. The van der Waals surface area contributed by atoms with Crippen molar-refractivity contribution in [3.05, 3.63) is 89.5 Å². The minimum atomic E-state index is -0.459. The van der Waals surface area contributed by atoms with E-state index < -0.39 is 6.09 Å². The van der Waals surface area contributed by atoms with Crippen molar-refractivity contribution in [2.75, 3.05) is 13.2 Å². The Kier molecular flexibility index (Phi) is 5.36. The van der Waals surface area contributed by atoms with Crippen LogP contribution in [0.4, 0.5) is 4.79 Å². The smallest absolute Gasteiger partial charge is 0.407 e. The van der Waals surface area contributed by atoms with Gasteiger partial charge in [0, 0.05) is 16.4 Å². The molecule has 0 atom stereocenters. The van der Waals surface area contributed by atoms with Crippen LogP contribution in [0.3, 0.4) is 0 Å². The summed E-state index contributed by atoms with van der Waals surface area (Å²) in [5.74, 6) is 5.98. The van der Waals surface area contributed by atoms with Crippen molar-refractivity contribution in [2.24, 2.45) is 0 Å². The third-order valence-corrected chi connectivity index (χ3v) is 5.02. The van der Waals surface area contributed by atoms with Crippen LogP contribution in [-0.4, -0.2) is 19.2 Å². The van der Waals surface area contributed by atoms with Crippen molar-refractivity contribution >= 4 is 18.7 Å². The molecule has 3 aromatic carbocycles. The van der Waals surface area contributed by atoms with Crippen molar-refractivity contribution in [3.8, 4) is 23.0 Å². The van der Waals surface area contributed by atoms with E-state index in [4.69, 9.17) is 4.74 Å².